The van der Waals surface area contributed by atoms with Gasteiger partial charge < -0.3 is 9.80 Å². The standard InChI is InChI=1S/C8H16N2S/c1-3-5-10-7-4-6-9(2)8(10)11/h3-7H2,1-2H3. The summed E-state index contributed by atoms with van der Waals surface area (Å²) in [5.74, 6) is 0. The molecule has 0 spiro atoms. The Hall–Kier alpha value is -0.310. The Bertz CT molecular complexity index is 145. The molecule has 0 bridgehead atoms. The third-order valence-corrected chi connectivity index (χ3v) is 2.58. The molecule has 1 rings (SSSR count). The number of thiocarbonyl (C=S) groups is 1. The van der Waals surface area contributed by atoms with E-state index in [0.717, 1.165) is 24.7 Å². The van der Waals surface area contributed by atoms with Gasteiger partial charge in [-0.25, -0.2) is 0 Å². The Balaban J connectivity index is 2.44. The van der Waals surface area contributed by atoms with Gasteiger partial charge in [0.05, 0.1) is 0 Å². The molecular weight excluding hydrogens is 156 g/mol. The minimum Gasteiger partial charge on any atom is -0.352 e. The number of nitrogens with zero attached hydrogens (tertiary/aromatic N) is 2. The van der Waals surface area contributed by atoms with Gasteiger partial charge in [-0.05, 0) is 25.1 Å². The van der Waals surface area contributed by atoms with Crippen molar-refractivity contribution in [1.29, 1.82) is 0 Å². The van der Waals surface area contributed by atoms with Crippen LogP contribution in [0.4, 0.5) is 0 Å². The van der Waals surface area contributed by atoms with Crippen LogP contribution in [-0.4, -0.2) is 41.6 Å². The molecule has 0 amide bonds. The minimum atomic E-state index is 1.03. The van der Waals surface area contributed by atoms with Gasteiger partial charge in [-0.3, -0.25) is 0 Å². The molecule has 3 heteroatoms. The van der Waals surface area contributed by atoms with Gasteiger partial charge in [-0.15, -0.1) is 0 Å². The van der Waals surface area contributed by atoms with Crippen molar-refractivity contribution in [1.82, 2.24) is 9.80 Å². The first-order valence-electron chi connectivity index (χ1n) is 4.25. The lowest BCUT2D eigenvalue weighted by atomic mass is 10.3. The van der Waals surface area contributed by atoms with Crippen molar-refractivity contribution in [3.8, 4) is 0 Å². The van der Waals surface area contributed by atoms with E-state index in [2.05, 4.69) is 23.8 Å². The highest BCUT2D eigenvalue weighted by molar-refractivity contribution is 7.80. The van der Waals surface area contributed by atoms with Crippen LogP contribution in [0.3, 0.4) is 0 Å². The van der Waals surface area contributed by atoms with Crippen LogP contribution in [0.5, 0.6) is 0 Å². The molecule has 0 radical (unpaired) electrons. The highest BCUT2D eigenvalue weighted by Gasteiger charge is 2.17. The van der Waals surface area contributed by atoms with E-state index >= 15 is 0 Å². The lowest BCUT2D eigenvalue weighted by Gasteiger charge is -2.36. The van der Waals surface area contributed by atoms with Gasteiger partial charge >= 0.3 is 0 Å². The molecule has 0 aliphatic carbocycles. The minimum absolute atomic E-state index is 1.03. The van der Waals surface area contributed by atoms with Crippen molar-refractivity contribution in [2.75, 3.05) is 26.7 Å². The Kier molecular flexibility index (Phi) is 3.12. The quantitative estimate of drug-likeness (QED) is 0.580. The van der Waals surface area contributed by atoms with E-state index in [1.54, 1.807) is 0 Å². The maximum absolute atomic E-state index is 5.27. The van der Waals surface area contributed by atoms with Crippen molar-refractivity contribution in [3.63, 3.8) is 0 Å². The fourth-order valence-electron chi connectivity index (χ4n) is 1.41. The molecule has 1 aliphatic rings. The summed E-state index contributed by atoms with van der Waals surface area (Å²) in [6.45, 7) is 5.58. The Morgan fingerprint density at radius 1 is 1.45 bits per heavy atom. The zero-order valence-electron chi connectivity index (χ0n) is 7.34. The summed E-state index contributed by atoms with van der Waals surface area (Å²) in [5, 5.41) is 1.03. The fraction of sp³-hybridized carbons (Fsp3) is 0.875. The molecule has 2 nitrogen and oxygen atoms in total. The van der Waals surface area contributed by atoms with E-state index in [1.165, 1.54) is 12.8 Å². The topological polar surface area (TPSA) is 6.48 Å². The van der Waals surface area contributed by atoms with E-state index in [-0.39, 0.29) is 0 Å². The first-order valence-corrected chi connectivity index (χ1v) is 4.66. The number of hydrogen-bond donors (Lipinski definition) is 0. The van der Waals surface area contributed by atoms with E-state index in [0.29, 0.717) is 0 Å². The first kappa shape index (κ1) is 8.78. The average molecular weight is 172 g/mol. The molecule has 0 atom stereocenters. The summed E-state index contributed by atoms with van der Waals surface area (Å²) in [6, 6.07) is 0. The van der Waals surface area contributed by atoms with Gasteiger partial charge in [0.15, 0.2) is 5.11 Å². The molecule has 0 aromatic rings. The predicted molar refractivity (Wildman–Crippen MR) is 51.7 cm³/mol. The van der Waals surface area contributed by atoms with Crippen LogP contribution in [0.2, 0.25) is 0 Å². The molecule has 1 heterocycles. The van der Waals surface area contributed by atoms with Crippen molar-refractivity contribution >= 4 is 17.3 Å². The average Bonchev–Trinajstić information content (AvgIpc) is 1.99. The van der Waals surface area contributed by atoms with E-state index in [1.807, 2.05) is 0 Å². The molecule has 0 N–H and O–H groups in total. The Labute approximate surface area is 74.2 Å². The molecule has 1 aliphatic heterocycles. The monoisotopic (exact) mass is 172 g/mol. The zero-order valence-corrected chi connectivity index (χ0v) is 8.15. The molecule has 0 aromatic carbocycles. The molecule has 0 aromatic heterocycles. The van der Waals surface area contributed by atoms with Crippen LogP contribution in [0.25, 0.3) is 0 Å². The highest BCUT2D eigenvalue weighted by atomic mass is 32.1. The van der Waals surface area contributed by atoms with Crippen molar-refractivity contribution in [2.45, 2.75) is 19.8 Å². The maximum atomic E-state index is 5.27. The van der Waals surface area contributed by atoms with E-state index in [9.17, 15) is 0 Å². The van der Waals surface area contributed by atoms with Crippen LogP contribution in [0.1, 0.15) is 19.8 Å². The predicted octanol–water partition coefficient (Wildman–Crippen LogP) is 1.32. The van der Waals surface area contributed by atoms with Gasteiger partial charge in [0, 0.05) is 26.7 Å². The Morgan fingerprint density at radius 2 is 2.18 bits per heavy atom. The van der Waals surface area contributed by atoms with Crippen LogP contribution in [0, 0.1) is 0 Å². The maximum Gasteiger partial charge on any atom is 0.171 e. The van der Waals surface area contributed by atoms with Crippen molar-refractivity contribution in [3.05, 3.63) is 0 Å². The summed E-state index contributed by atoms with van der Waals surface area (Å²) >= 11 is 5.27. The summed E-state index contributed by atoms with van der Waals surface area (Å²) in [5.41, 5.74) is 0. The summed E-state index contributed by atoms with van der Waals surface area (Å²) < 4.78 is 0. The van der Waals surface area contributed by atoms with Crippen molar-refractivity contribution < 1.29 is 0 Å². The SMILES string of the molecule is CCCN1CCCN(C)C1=S. The Morgan fingerprint density at radius 3 is 2.82 bits per heavy atom. The zero-order chi connectivity index (χ0) is 8.27. The highest BCUT2D eigenvalue weighted by Crippen LogP contribution is 2.07. The first-order chi connectivity index (χ1) is 5.25. The lowest BCUT2D eigenvalue weighted by molar-refractivity contribution is 0.294. The van der Waals surface area contributed by atoms with Gasteiger partial charge in [0.2, 0.25) is 0 Å². The van der Waals surface area contributed by atoms with Gasteiger partial charge in [-0.1, -0.05) is 6.92 Å². The van der Waals surface area contributed by atoms with Gasteiger partial charge in [0.1, 0.15) is 0 Å². The molecule has 1 fully saturated rings. The van der Waals surface area contributed by atoms with Gasteiger partial charge in [-0.2, -0.15) is 0 Å². The number of hydrogen-bond acceptors (Lipinski definition) is 1. The third-order valence-electron chi connectivity index (χ3n) is 2.01. The lowest BCUT2D eigenvalue weighted by Crippen LogP contribution is -2.47. The second-order valence-electron chi connectivity index (χ2n) is 3.04. The molecule has 0 saturated carbocycles. The second kappa shape index (κ2) is 3.90. The third kappa shape index (κ3) is 2.06. The normalized spacial score (nSPS) is 19.3. The van der Waals surface area contributed by atoms with Crippen LogP contribution < -0.4 is 0 Å². The molecule has 1 saturated heterocycles. The van der Waals surface area contributed by atoms with Crippen LogP contribution >= 0.6 is 12.2 Å². The molecule has 11 heavy (non-hydrogen) atoms. The molecular formula is C8H16N2S. The van der Waals surface area contributed by atoms with Crippen LogP contribution in [-0.2, 0) is 0 Å². The van der Waals surface area contributed by atoms with Crippen molar-refractivity contribution in [2.24, 2.45) is 0 Å². The largest absolute Gasteiger partial charge is 0.352 e. The van der Waals surface area contributed by atoms with Crippen LogP contribution in [0.15, 0.2) is 0 Å². The molecule has 64 valence electrons. The van der Waals surface area contributed by atoms with Gasteiger partial charge in [0.25, 0.3) is 0 Å². The summed E-state index contributed by atoms with van der Waals surface area (Å²) in [4.78, 5) is 4.45. The number of rotatable bonds is 2. The smallest absolute Gasteiger partial charge is 0.171 e. The summed E-state index contributed by atoms with van der Waals surface area (Å²) in [7, 11) is 2.07. The van der Waals surface area contributed by atoms with E-state index in [4.69, 9.17) is 12.2 Å². The fourth-order valence-corrected chi connectivity index (χ4v) is 1.68. The van der Waals surface area contributed by atoms with E-state index < -0.39 is 0 Å². The summed E-state index contributed by atoms with van der Waals surface area (Å²) in [6.07, 6.45) is 2.44. The second-order valence-corrected chi connectivity index (χ2v) is 3.41. The molecule has 0 unspecified atom stereocenters.